The normalized spacial score (nSPS) is 13.1. The third-order valence-electron chi connectivity index (χ3n) is 5.50. The summed E-state index contributed by atoms with van der Waals surface area (Å²) >= 11 is 6.12. The first-order chi connectivity index (χ1) is 14.8. The molecule has 3 aromatic rings. The van der Waals surface area contributed by atoms with Crippen molar-refractivity contribution >= 4 is 50.2 Å². The van der Waals surface area contributed by atoms with E-state index in [1.54, 1.807) is 31.3 Å². The SMILES string of the molecule is Cc1c(Cl)cccc1N(CC(=O)N/N=C\c1ccc2c3c(cccc13)CC2)S(C)(=O)=O. The number of benzene rings is 3. The van der Waals surface area contributed by atoms with E-state index in [4.69, 9.17) is 11.6 Å². The molecule has 0 bridgehead atoms. The first kappa shape index (κ1) is 21.3. The Morgan fingerprint density at radius 1 is 1.13 bits per heavy atom. The fourth-order valence-corrected chi connectivity index (χ4v) is 5.05. The van der Waals surface area contributed by atoms with Gasteiger partial charge in [-0.25, -0.2) is 13.8 Å². The van der Waals surface area contributed by atoms with Gasteiger partial charge in [-0.15, -0.1) is 0 Å². The molecule has 8 heteroatoms. The Labute approximate surface area is 186 Å². The number of carbonyl (C=O) groups excluding carboxylic acids is 1. The van der Waals surface area contributed by atoms with Gasteiger partial charge in [0, 0.05) is 10.6 Å². The summed E-state index contributed by atoms with van der Waals surface area (Å²) in [4.78, 5) is 12.5. The first-order valence-electron chi connectivity index (χ1n) is 9.84. The minimum absolute atomic E-state index is 0.363. The van der Waals surface area contributed by atoms with Crippen LogP contribution >= 0.6 is 11.6 Å². The maximum Gasteiger partial charge on any atom is 0.260 e. The van der Waals surface area contributed by atoms with Crippen molar-refractivity contribution in [2.24, 2.45) is 5.10 Å². The average Bonchev–Trinajstić information content (AvgIpc) is 3.14. The lowest BCUT2D eigenvalue weighted by molar-refractivity contribution is -0.119. The molecule has 3 aromatic carbocycles. The van der Waals surface area contributed by atoms with Crippen molar-refractivity contribution in [1.29, 1.82) is 0 Å². The van der Waals surface area contributed by atoms with Gasteiger partial charge in [-0.05, 0) is 59.4 Å². The van der Waals surface area contributed by atoms with Crippen molar-refractivity contribution in [1.82, 2.24) is 5.43 Å². The van der Waals surface area contributed by atoms with Gasteiger partial charge in [0.15, 0.2) is 0 Å². The van der Waals surface area contributed by atoms with Crippen LogP contribution in [0.4, 0.5) is 5.69 Å². The van der Waals surface area contributed by atoms with E-state index in [0.717, 1.165) is 34.4 Å². The van der Waals surface area contributed by atoms with Crippen LogP contribution in [0.15, 0.2) is 53.6 Å². The Kier molecular flexibility index (Phi) is 5.73. The minimum Gasteiger partial charge on any atom is -0.271 e. The lowest BCUT2D eigenvalue weighted by Crippen LogP contribution is -2.39. The molecule has 0 atom stereocenters. The summed E-state index contributed by atoms with van der Waals surface area (Å²) in [6.45, 7) is 1.31. The molecule has 0 radical (unpaired) electrons. The van der Waals surface area contributed by atoms with E-state index in [9.17, 15) is 13.2 Å². The average molecular weight is 456 g/mol. The second-order valence-electron chi connectivity index (χ2n) is 7.60. The van der Waals surface area contributed by atoms with E-state index in [-0.39, 0.29) is 0 Å². The van der Waals surface area contributed by atoms with Gasteiger partial charge < -0.3 is 0 Å². The maximum absolute atomic E-state index is 12.5. The van der Waals surface area contributed by atoms with Crippen molar-refractivity contribution in [2.75, 3.05) is 17.1 Å². The predicted octanol–water partition coefficient (Wildman–Crippen LogP) is 3.82. The quantitative estimate of drug-likeness (QED) is 0.453. The van der Waals surface area contributed by atoms with Crippen molar-refractivity contribution in [2.45, 2.75) is 19.8 Å². The second-order valence-corrected chi connectivity index (χ2v) is 9.91. The highest BCUT2D eigenvalue weighted by Crippen LogP contribution is 2.32. The number of nitrogens with one attached hydrogen (secondary N) is 1. The molecule has 0 saturated heterocycles. The molecule has 1 N–H and O–H groups in total. The summed E-state index contributed by atoms with van der Waals surface area (Å²) in [5.41, 5.74) is 6.93. The zero-order valence-electron chi connectivity index (χ0n) is 17.2. The number of hydrogen-bond donors (Lipinski definition) is 1. The molecular weight excluding hydrogens is 434 g/mol. The molecule has 1 aliphatic carbocycles. The van der Waals surface area contributed by atoms with E-state index in [1.807, 2.05) is 18.2 Å². The van der Waals surface area contributed by atoms with Crippen LogP contribution in [0.5, 0.6) is 0 Å². The van der Waals surface area contributed by atoms with E-state index < -0.39 is 22.5 Å². The summed E-state index contributed by atoms with van der Waals surface area (Å²) in [7, 11) is -3.70. The predicted molar refractivity (Wildman–Crippen MR) is 125 cm³/mol. The van der Waals surface area contributed by atoms with Crippen LogP contribution in [-0.4, -0.2) is 33.3 Å². The van der Waals surface area contributed by atoms with Crippen LogP contribution in [0.3, 0.4) is 0 Å². The molecule has 0 fully saturated rings. The van der Waals surface area contributed by atoms with Gasteiger partial charge in [-0.3, -0.25) is 9.10 Å². The van der Waals surface area contributed by atoms with Crippen molar-refractivity contribution < 1.29 is 13.2 Å². The molecule has 6 nitrogen and oxygen atoms in total. The van der Waals surface area contributed by atoms with Crippen LogP contribution in [-0.2, 0) is 27.7 Å². The van der Waals surface area contributed by atoms with E-state index >= 15 is 0 Å². The Hall–Kier alpha value is -2.90. The maximum atomic E-state index is 12.5. The van der Waals surface area contributed by atoms with Gasteiger partial charge in [0.2, 0.25) is 10.0 Å². The molecule has 0 heterocycles. The number of nitrogens with zero attached hydrogens (tertiary/aromatic N) is 2. The topological polar surface area (TPSA) is 78.8 Å². The second kappa shape index (κ2) is 8.32. The molecule has 0 unspecified atom stereocenters. The largest absolute Gasteiger partial charge is 0.271 e. The van der Waals surface area contributed by atoms with Crippen molar-refractivity contribution in [3.63, 3.8) is 0 Å². The smallest absolute Gasteiger partial charge is 0.260 e. The fourth-order valence-electron chi connectivity index (χ4n) is 3.97. The minimum atomic E-state index is -3.70. The van der Waals surface area contributed by atoms with Crippen LogP contribution < -0.4 is 9.73 Å². The Balaban J connectivity index is 1.53. The van der Waals surface area contributed by atoms with Crippen molar-refractivity contribution in [3.05, 3.63) is 75.8 Å². The highest BCUT2D eigenvalue weighted by molar-refractivity contribution is 7.92. The fraction of sp³-hybridized carbons (Fsp3) is 0.217. The van der Waals surface area contributed by atoms with Gasteiger partial charge >= 0.3 is 0 Å². The number of halogens is 1. The summed E-state index contributed by atoms with van der Waals surface area (Å²) in [6.07, 6.45) is 4.72. The van der Waals surface area contributed by atoms with E-state index in [2.05, 4.69) is 22.7 Å². The number of sulfonamides is 1. The number of anilines is 1. The highest BCUT2D eigenvalue weighted by atomic mass is 35.5. The first-order valence-corrected chi connectivity index (χ1v) is 12.1. The Morgan fingerprint density at radius 2 is 1.84 bits per heavy atom. The molecule has 1 aliphatic rings. The van der Waals surface area contributed by atoms with E-state index in [0.29, 0.717) is 16.3 Å². The van der Waals surface area contributed by atoms with Crippen LogP contribution in [0, 0.1) is 6.92 Å². The third kappa shape index (κ3) is 4.29. The third-order valence-corrected chi connectivity index (χ3v) is 7.03. The molecule has 31 heavy (non-hydrogen) atoms. The molecule has 0 aromatic heterocycles. The van der Waals surface area contributed by atoms with Crippen LogP contribution in [0.2, 0.25) is 5.02 Å². The number of aryl methyl sites for hydroxylation is 2. The van der Waals surface area contributed by atoms with Gasteiger partial charge in [-0.2, -0.15) is 5.10 Å². The molecule has 1 amide bonds. The zero-order valence-corrected chi connectivity index (χ0v) is 18.8. The summed E-state index contributed by atoms with van der Waals surface area (Å²) < 4.78 is 25.6. The van der Waals surface area contributed by atoms with Gasteiger partial charge in [-0.1, -0.05) is 48.0 Å². The molecule has 160 valence electrons. The number of hydrogen-bond acceptors (Lipinski definition) is 4. The van der Waals surface area contributed by atoms with Crippen LogP contribution in [0.1, 0.15) is 22.3 Å². The van der Waals surface area contributed by atoms with Crippen molar-refractivity contribution in [3.8, 4) is 0 Å². The standard InChI is InChI=1S/C23H22ClN3O3S/c1-15-20(24)7-4-8-21(15)27(31(2,29)30)14-22(28)26-25-13-18-12-11-17-10-9-16-5-3-6-19(18)23(16)17/h3-8,11-13H,9-10,14H2,1-2H3,(H,26,28)/b25-13-. The Bertz CT molecular complexity index is 1310. The summed E-state index contributed by atoms with van der Waals surface area (Å²) in [5, 5.41) is 6.85. The zero-order chi connectivity index (χ0) is 22.2. The number of amides is 1. The van der Waals surface area contributed by atoms with Gasteiger partial charge in [0.1, 0.15) is 6.54 Å². The van der Waals surface area contributed by atoms with Gasteiger partial charge in [0.25, 0.3) is 5.91 Å². The number of carbonyl (C=O) groups is 1. The summed E-state index contributed by atoms with van der Waals surface area (Å²) in [6, 6.07) is 15.2. The van der Waals surface area contributed by atoms with Crippen LogP contribution in [0.25, 0.3) is 10.8 Å². The molecule has 4 rings (SSSR count). The molecule has 0 saturated carbocycles. The molecular formula is C23H22ClN3O3S. The monoisotopic (exact) mass is 455 g/mol. The van der Waals surface area contributed by atoms with E-state index in [1.165, 1.54) is 16.5 Å². The Morgan fingerprint density at radius 3 is 2.58 bits per heavy atom. The molecule has 0 spiro atoms. The molecule has 0 aliphatic heterocycles. The summed E-state index contributed by atoms with van der Waals surface area (Å²) in [5.74, 6) is -0.549. The lowest BCUT2D eigenvalue weighted by atomic mass is 10.0. The highest BCUT2D eigenvalue weighted by Gasteiger charge is 2.23. The number of hydrazone groups is 1. The lowest BCUT2D eigenvalue weighted by Gasteiger charge is -2.23. The van der Waals surface area contributed by atoms with Gasteiger partial charge in [0.05, 0.1) is 18.2 Å². The number of rotatable bonds is 6.